The molecule has 17 heavy (non-hydrogen) atoms. The highest BCUT2D eigenvalue weighted by atomic mass is 16.3. The van der Waals surface area contributed by atoms with Crippen LogP contribution in [0, 0.1) is 18.3 Å². The number of fused-ring (bicyclic) bond motifs is 1. The van der Waals surface area contributed by atoms with Crippen LogP contribution in [-0.4, -0.2) is 10.1 Å². The van der Waals surface area contributed by atoms with Gasteiger partial charge in [0.15, 0.2) is 5.56 Å². The van der Waals surface area contributed by atoms with E-state index in [2.05, 4.69) is 4.98 Å². The molecule has 0 fully saturated rings. The summed E-state index contributed by atoms with van der Waals surface area (Å²) in [6.07, 6.45) is 0. The predicted molar refractivity (Wildman–Crippen MR) is 67.0 cm³/mol. The lowest BCUT2D eigenvalue weighted by atomic mass is 10.1. The van der Waals surface area contributed by atoms with Gasteiger partial charge in [-0.1, -0.05) is 25.5 Å². The number of hydrogen-bond donors (Lipinski definition) is 2. The second-order valence-corrected chi connectivity index (χ2v) is 3.34. The fourth-order valence-electron chi connectivity index (χ4n) is 1.49. The molecule has 0 bridgehead atoms. The molecule has 2 aromatic rings. The average Bonchev–Trinajstić information content (AvgIpc) is 2.33. The zero-order chi connectivity index (χ0) is 13.0. The number of hydrogen-bond acceptors (Lipinski definition) is 3. The summed E-state index contributed by atoms with van der Waals surface area (Å²) < 4.78 is 0. The molecule has 0 saturated heterocycles. The minimum absolute atomic E-state index is 0.242. The van der Waals surface area contributed by atoms with Crippen molar-refractivity contribution in [2.24, 2.45) is 0 Å². The van der Waals surface area contributed by atoms with E-state index in [0.29, 0.717) is 10.9 Å². The van der Waals surface area contributed by atoms with Gasteiger partial charge in [-0.25, -0.2) is 0 Å². The number of aromatic amines is 1. The molecule has 4 heteroatoms. The smallest absolute Gasteiger partial charge is 0.270 e. The Kier molecular flexibility index (Phi) is 3.89. The van der Waals surface area contributed by atoms with E-state index < -0.39 is 5.56 Å². The van der Waals surface area contributed by atoms with Crippen LogP contribution in [0.4, 0.5) is 0 Å². The molecular weight excluding hydrogens is 216 g/mol. The van der Waals surface area contributed by atoms with Crippen LogP contribution in [0.25, 0.3) is 10.9 Å². The molecule has 0 radical (unpaired) electrons. The van der Waals surface area contributed by atoms with Gasteiger partial charge < -0.3 is 10.1 Å². The molecule has 0 aliphatic rings. The van der Waals surface area contributed by atoms with Crippen molar-refractivity contribution in [1.29, 1.82) is 5.26 Å². The second-order valence-electron chi connectivity index (χ2n) is 3.34. The summed E-state index contributed by atoms with van der Waals surface area (Å²) in [5.41, 5.74) is 0.676. The number of H-pyrrole nitrogens is 1. The minimum Gasteiger partial charge on any atom is -0.506 e. The van der Waals surface area contributed by atoms with Crippen LogP contribution in [0.15, 0.2) is 23.0 Å². The second kappa shape index (κ2) is 5.17. The third kappa shape index (κ3) is 2.28. The SMILES string of the molecule is CC.Cc1ccc2[nH]c(=O)c(C#N)c(O)c2c1. The van der Waals surface area contributed by atoms with Gasteiger partial charge in [0.1, 0.15) is 11.8 Å². The van der Waals surface area contributed by atoms with E-state index in [9.17, 15) is 9.90 Å². The molecule has 88 valence electrons. The van der Waals surface area contributed by atoms with Crippen LogP contribution in [0.2, 0.25) is 0 Å². The lowest BCUT2D eigenvalue weighted by molar-refractivity contribution is 0.478. The van der Waals surface area contributed by atoms with Crippen LogP contribution in [0.1, 0.15) is 25.0 Å². The average molecular weight is 230 g/mol. The van der Waals surface area contributed by atoms with Crippen molar-refractivity contribution in [3.63, 3.8) is 0 Å². The molecule has 2 N–H and O–H groups in total. The lowest BCUT2D eigenvalue weighted by Crippen LogP contribution is -2.10. The fraction of sp³-hybridized carbons (Fsp3) is 0.231. The highest BCUT2D eigenvalue weighted by Crippen LogP contribution is 2.24. The molecule has 0 atom stereocenters. The van der Waals surface area contributed by atoms with Crippen molar-refractivity contribution in [2.75, 3.05) is 0 Å². The number of aromatic hydroxyl groups is 1. The predicted octanol–water partition coefficient (Wildman–Crippen LogP) is 2.44. The van der Waals surface area contributed by atoms with Crippen molar-refractivity contribution in [2.45, 2.75) is 20.8 Å². The molecule has 0 aliphatic heterocycles. The Hall–Kier alpha value is -2.28. The third-order valence-electron chi connectivity index (χ3n) is 2.25. The monoisotopic (exact) mass is 230 g/mol. The van der Waals surface area contributed by atoms with Crippen molar-refractivity contribution < 1.29 is 5.11 Å². The Bertz CT molecular complexity index is 636. The molecule has 0 aliphatic carbocycles. The molecule has 0 unspecified atom stereocenters. The number of rotatable bonds is 0. The van der Waals surface area contributed by atoms with Gasteiger partial charge in [0.05, 0.1) is 5.52 Å². The minimum atomic E-state index is -0.564. The number of nitrogens with one attached hydrogen (secondary N) is 1. The molecule has 1 aromatic heterocycles. The Labute approximate surface area is 99.1 Å². The van der Waals surface area contributed by atoms with Gasteiger partial charge in [0.25, 0.3) is 5.56 Å². The summed E-state index contributed by atoms with van der Waals surface area (Å²) in [4.78, 5) is 13.9. The maximum absolute atomic E-state index is 11.3. The molecule has 2 rings (SSSR count). The molecule has 1 aromatic carbocycles. The van der Waals surface area contributed by atoms with Crippen molar-refractivity contribution >= 4 is 10.9 Å². The fourth-order valence-corrected chi connectivity index (χ4v) is 1.49. The largest absolute Gasteiger partial charge is 0.506 e. The Balaban J connectivity index is 0.000000686. The van der Waals surface area contributed by atoms with E-state index in [0.717, 1.165) is 5.56 Å². The number of nitriles is 1. The van der Waals surface area contributed by atoms with Gasteiger partial charge in [-0.15, -0.1) is 0 Å². The maximum Gasteiger partial charge on any atom is 0.270 e. The van der Waals surface area contributed by atoms with Crippen LogP contribution in [0.3, 0.4) is 0 Å². The van der Waals surface area contributed by atoms with Crippen LogP contribution < -0.4 is 5.56 Å². The topological polar surface area (TPSA) is 76.9 Å². The standard InChI is InChI=1S/C11H8N2O2.C2H6/c1-6-2-3-9-7(4-6)10(14)8(5-12)11(15)13-9;1-2/h2-4H,1H3,(H2,13,14,15);1-2H3. The van der Waals surface area contributed by atoms with E-state index in [1.807, 2.05) is 26.8 Å². The van der Waals surface area contributed by atoms with Gasteiger partial charge in [-0.3, -0.25) is 4.79 Å². The first kappa shape index (κ1) is 12.8. The number of nitrogens with zero attached hydrogens (tertiary/aromatic N) is 1. The Morgan fingerprint density at radius 1 is 1.35 bits per heavy atom. The third-order valence-corrected chi connectivity index (χ3v) is 2.25. The maximum atomic E-state index is 11.3. The highest BCUT2D eigenvalue weighted by Gasteiger charge is 2.10. The molecule has 1 heterocycles. The first-order chi connectivity index (χ1) is 8.13. The van der Waals surface area contributed by atoms with E-state index in [1.165, 1.54) is 0 Å². The number of aromatic nitrogens is 1. The first-order valence-electron chi connectivity index (χ1n) is 5.39. The summed E-state index contributed by atoms with van der Waals surface area (Å²) in [6.45, 7) is 5.87. The normalized spacial score (nSPS) is 9.29. The quantitative estimate of drug-likeness (QED) is 0.729. The van der Waals surface area contributed by atoms with Crippen LogP contribution >= 0.6 is 0 Å². The van der Waals surface area contributed by atoms with Crippen molar-refractivity contribution in [3.05, 3.63) is 39.7 Å². The highest BCUT2D eigenvalue weighted by molar-refractivity contribution is 5.87. The number of benzene rings is 1. The molecule has 0 amide bonds. The molecule has 0 saturated carbocycles. The molecule has 0 spiro atoms. The van der Waals surface area contributed by atoms with Gasteiger partial charge in [-0.05, 0) is 19.1 Å². The summed E-state index contributed by atoms with van der Waals surface area (Å²) in [5.74, 6) is -0.250. The van der Waals surface area contributed by atoms with E-state index >= 15 is 0 Å². The molecular formula is C13H14N2O2. The number of aryl methyl sites for hydroxylation is 1. The first-order valence-corrected chi connectivity index (χ1v) is 5.39. The summed E-state index contributed by atoms with van der Waals surface area (Å²) in [6, 6.07) is 6.93. The van der Waals surface area contributed by atoms with Crippen LogP contribution in [0.5, 0.6) is 5.75 Å². The Morgan fingerprint density at radius 3 is 2.59 bits per heavy atom. The number of pyridine rings is 1. The van der Waals surface area contributed by atoms with Crippen molar-refractivity contribution in [3.8, 4) is 11.8 Å². The van der Waals surface area contributed by atoms with Gasteiger partial charge in [0.2, 0.25) is 0 Å². The zero-order valence-corrected chi connectivity index (χ0v) is 10.0. The Morgan fingerprint density at radius 2 is 2.00 bits per heavy atom. The van der Waals surface area contributed by atoms with E-state index in [-0.39, 0.29) is 11.3 Å². The zero-order valence-electron chi connectivity index (χ0n) is 10.0. The van der Waals surface area contributed by atoms with Gasteiger partial charge >= 0.3 is 0 Å². The van der Waals surface area contributed by atoms with Gasteiger partial charge in [0, 0.05) is 5.39 Å². The van der Waals surface area contributed by atoms with Crippen molar-refractivity contribution in [1.82, 2.24) is 4.98 Å². The van der Waals surface area contributed by atoms with Gasteiger partial charge in [-0.2, -0.15) is 5.26 Å². The van der Waals surface area contributed by atoms with E-state index in [4.69, 9.17) is 5.26 Å². The lowest BCUT2D eigenvalue weighted by Gasteiger charge is -2.03. The summed E-state index contributed by atoms with van der Waals surface area (Å²) >= 11 is 0. The van der Waals surface area contributed by atoms with E-state index in [1.54, 1.807) is 18.2 Å². The summed E-state index contributed by atoms with van der Waals surface area (Å²) in [7, 11) is 0. The molecule has 4 nitrogen and oxygen atoms in total. The summed E-state index contributed by atoms with van der Waals surface area (Å²) in [5, 5.41) is 18.9. The van der Waals surface area contributed by atoms with Crippen LogP contribution in [-0.2, 0) is 0 Å².